The van der Waals surface area contributed by atoms with Crippen molar-refractivity contribution in [1.82, 2.24) is 4.98 Å². The van der Waals surface area contributed by atoms with Crippen LogP contribution in [-0.2, 0) is 4.74 Å². The summed E-state index contributed by atoms with van der Waals surface area (Å²) < 4.78 is 5.12. The molecule has 0 amide bonds. The molecule has 0 radical (unpaired) electrons. The van der Waals surface area contributed by atoms with Gasteiger partial charge in [-0.15, -0.1) is 0 Å². The zero-order valence-corrected chi connectivity index (χ0v) is 12.5. The van der Waals surface area contributed by atoms with E-state index < -0.39 is 4.92 Å². The van der Waals surface area contributed by atoms with E-state index in [0.29, 0.717) is 24.8 Å². The molecule has 0 aliphatic heterocycles. The fourth-order valence-electron chi connectivity index (χ4n) is 2.29. The largest absolute Gasteiger partial charge is 0.385 e. The fraction of sp³-hybridized carbons (Fsp3) is 0.643. The lowest BCUT2D eigenvalue weighted by atomic mass is 10.0. The molecule has 0 spiro atoms. The molecular formula is C14H22N4O3. The Morgan fingerprint density at radius 2 is 2.19 bits per heavy atom. The molecule has 21 heavy (non-hydrogen) atoms. The lowest BCUT2D eigenvalue weighted by Crippen LogP contribution is -2.19. The van der Waals surface area contributed by atoms with Crippen molar-refractivity contribution >= 4 is 17.3 Å². The highest BCUT2D eigenvalue weighted by Crippen LogP contribution is 2.48. The zero-order valence-electron chi connectivity index (χ0n) is 12.5. The second kappa shape index (κ2) is 6.71. The third-order valence-corrected chi connectivity index (χ3v) is 3.85. The number of ether oxygens (including phenoxy) is 1. The predicted molar refractivity (Wildman–Crippen MR) is 81.7 cm³/mol. The summed E-state index contributed by atoms with van der Waals surface area (Å²) in [6.07, 6.45) is 3.23. The number of nitrogens with one attached hydrogen (secondary N) is 2. The summed E-state index contributed by atoms with van der Waals surface area (Å²) >= 11 is 0. The van der Waals surface area contributed by atoms with E-state index in [9.17, 15) is 10.1 Å². The highest BCUT2D eigenvalue weighted by Gasteiger charge is 2.42. The minimum absolute atomic E-state index is 0.0131. The van der Waals surface area contributed by atoms with Crippen LogP contribution in [0.4, 0.5) is 17.3 Å². The molecule has 0 saturated heterocycles. The summed E-state index contributed by atoms with van der Waals surface area (Å²) in [6, 6.07) is 3.12. The molecule has 1 aliphatic rings. The first kappa shape index (κ1) is 15.5. The van der Waals surface area contributed by atoms with E-state index in [1.54, 1.807) is 13.2 Å². The van der Waals surface area contributed by atoms with Crippen molar-refractivity contribution in [3.8, 4) is 0 Å². The van der Waals surface area contributed by atoms with E-state index >= 15 is 0 Å². The van der Waals surface area contributed by atoms with Gasteiger partial charge in [-0.1, -0.05) is 0 Å². The van der Waals surface area contributed by atoms with E-state index in [0.717, 1.165) is 25.8 Å². The minimum Gasteiger partial charge on any atom is -0.385 e. The molecule has 1 aromatic rings. The Kier molecular flexibility index (Phi) is 4.95. The van der Waals surface area contributed by atoms with Crippen molar-refractivity contribution < 1.29 is 9.66 Å². The minimum atomic E-state index is -0.403. The number of aromatic nitrogens is 1. The maximum atomic E-state index is 11.1. The standard InChI is InChI=1S/C14H22N4O3/c1-3-15-12-5-4-11(18(19)20)13(17-12)16-10-14(6-7-14)8-9-21-2/h4-5H,3,6-10H2,1-2H3,(H2,15,16,17). The van der Waals surface area contributed by atoms with Crippen molar-refractivity contribution in [2.45, 2.75) is 26.2 Å². The molecule has 0 aromatic carbocycles. The number of rotatable bonds is 9. The maximum Gasteiger partial charge on any atom is 0.311 e. The van der Waals surface area contributed by atoms with E-state index in [4.69, 9.17) is 4.74 Å². The molecular weight excluding hydrogens is 272 g/mol. The first-order valence-corrected chi connectivity index (χ1v) is 7.22. The summed E-state index contributed by atoms with van der Waals surface area (Å²) in [5.41, 5.74) is 0.221. The monoisotopic (exact) mass is 294 g/mol. The molecule has 1 heterocycles. The second-order valence-electron chi connectivity index (χ2n) is 5.45. The molecule has 0 atom stereocenters. The quantitative estimate of drug-likeness (QED) is 0.537. The first-order valence-electron chi connectivity index (χ1n) is 7.22. The number of pyridine rings is 1. The molecule has 0 bridgehead atoms. The molecule has 1 aromatic heterocycles. The van der Waals surface area contributed by atoms with Gasteiger partial charge in [0.05, 0.1) is 4.92 Å². The molecule has 2 rings (SSSR count). The van der Waals surface area contributed by atoms with Crippen LogP contribution in [0.5, 0.6) is 0 Å². The van der Waals surface area contributed by atoms with Crippen molar-refractivity contribution in [2.24, 2.45) is 5.41 Å². The van der Waals surface area contributed by atoms with Crippen LogP contribution in [-0.4, -0.2) is 36.7 Å². The van der Waals surface area contributed by atoms with Gasteiger partial charge in [-0.05, 0) is 37.7 Å². The Balaban J connectivity index is 2.06. The number of methoxy groups -OCH3 is 1. The molecule has 2 N–H and O–H groups in total. The fourth-order valence-corrected chi connectivity index (χ4v) is 2.29. The van der Waals surface area contributed by atoms with E-state index in [1.165, 1.54) is 6.07 Å². The number of nitrogens with zero attached hydrogens (tertiary/aromatic N) is 2. The highest BCUT2D eigenvalue weighted by molar-refractivity contribution is 5.60. The molecule has 116 valence electrons. The van der Waals surface area contributed by atoms with E-state index in [1.807, 2.05) is 6.92 Å². The van der Waals surface area contributed by atoms with Gasteiger partial charge in [0, 0.05) is 32.9 Å². The smallest absolute Gasteiger partial charge is 0.311 e. The van der Waals surface area contributed by atoms with Crippen LogP contribution in [0, 0.1) is 15.5 Å². The molecule has 1 saturated carbocycles. The van der Waals surface area contributed by atoms with E-state index in [2.05, 4.69) is 15.6 Å². The van der Waals surface area contributed by atoms with Gasteiger partial charge in [-0.2, -0.15) is 0 Å². The Labute approximate surface area is 124 Å². The van der Waals surface area contributed by atoms with Crippen molar-refractivity contribution in [1.29, 1.82) is 0 Å². The third kappa shape index (κ3) is 4.04. The van der Waals surface area contributed by atoms with Gasteiger partial charge in [0.15, 0.2) is 0 Å². The van der Waals surface area contributed by atoms with Crippen LogP contribution in [0.2, 0.25) is 0 Å². The second-order valence-corrected chi connectivity index (χ2v) is 5.45. The Morgan fingerprint density at radius 1 is 1.43 bits per heavy atom. The van der Waals surface area contributed by atoms with Gasteiger partial charge in [-0.3, -0.25) is 10.1 Å². The summed E-state index contributed by atoms with van der Waals surface area (Å²) in [5, 5.41) is 17.3. The van der Waals surface area contributed by atoms with Crippen LogP contribution in [0.15, 0.2) is 12.1 Å². The number of anilines is 2. The Hall–Kier alpha value is -1.89. The Morgan fingerprint density at radius 3 is 2.76 bits per heavy atom. The zero-order chi connectivity index (χ0) is 15.3. The van der Waals surface area contributed by atoms with Crippen LogP contribution in [0.25, 0.3) is 0 Å². The molecule has 1 aliphatic carbocycles. The van der Waals surface area contributed by atoms with Gasteiger partial charge in [0.25, 0.3) is 0 Å². The van der Waals surface area contributed by atoms with E-state index in [-0.39, 0.29) is 11.1 Å². The molecule has 1 fully saturated rings. The summed E-state index contributed by atoms with van der Waals surface area (Å²) in [6.45, 7) is 4.09. The van der Waals surface area contributed by atoms with Crippen molar-refractivity contribution in [2.75, 3.05) is 37.4 Å². The maximum absolute atomic E-state index is 11.1. The third-order valence-electron chi connectivity index (χ3n) is 3.85. The predicted octanol–water partition coefficient (Wildman–Crippen LogP) is 2.65. The lowest BCUT2D eigenvalue weighted by molar-refractivity contribution is -0.384. The van der Waals surface area contributed by atoms with Gasteiger partial charge in [0.1, 0.15) is 5.82 Å². The summed E-state index contributed by atoms with van der Waals surface area (Å²) in [4.78, 5) is 15.0. The number of hydrogen-bond acceptors (Lipinski definition) is 6. The average Bonchev–Trinajstić information content (AvgIpc) is 3.24. The molecule has 7 heteroatoms. The van der Waals surface area contributed by atoms with Crippen molar-refractivity contribution in [3.05, 3.63) is 22.2 Å². The summed E-state index contributed by atoms with van der Waals surface area (Å²) in [7, 11) is 1.69. The average molecular weight is 294 g/mol. The Bertz CT molecular complexity index is 503. The lowest BCUT2D eigenvalue weighted by Gasteiger charge is -2.16. The van der Waals surface area contributed by atoms with Crippen LogP contribution >= 0.6 is 0 Å². The number of hydrogen-bond donors (Lipinski definition) is 2. The van der Waals surface area contributed by atoms with Crippen LogP contribution in [0.3, 0.4) is 0 Å². The highest BCUT2D eigenvalue weighted by atomic mass is 16.6. The summed E-state index contributed by atoms with van der Waals surface area (Å²) in [5.74, 6) is 0.981. The van der Waals surface area contributed by atoms with Crippen LogP contribution in [0.1, 0.15) is 26.2 Å². The first-order chi connectivity index (χ1) is 10.1. The van der Waals surface area contributed by atoms with Gasteiger partial charge in [0.2, 0.25) is 5.82 Å². The molecule has 0 unspecified atom stereocenters. The van der Waals surface area contributed by atoms with Gasteiger partial charge >= 0.3 is 5.69 Å². The van der Waals surface area contributed by atoms with Gasteiger partial charge < -0.3 is 15.4 Å². The van der Waals surface area contributed by atoms with Gasteiger partial charge in [-0.25, -0.2) is 4.98 Å². The topological polar surface area (TPSA) is 89.3 Å². The van der Waals surface area contributed by atoms with Crippen molar-refractivity contribution in [3.63, 3.8) is 0 Å². The SMILES string of the molecule is CCNc1ccc([N+](=O)[O-])c(NCC2(CCOC)CC2)n1. The normalized spacial score (nSPS) is 15.5. The number of nitro groups is 1. The molecule has 7 nitrogen and oxygen atoms in total. The van der Waals surface area contributed by atoms with Crippen LogP contribution < -0.4 is 10.6 Å².